The number of nitro groups is 1. The van der Waals surface area contributed by atoms with Crippen LogP contribution in [-0.4, -0.2) is 12.0 Å². The van der Waals surface area contributed by atoms with Gasteiger partial charge < -0.3 is 9.47 Å². The molecule has 0 unspecified atom stereocenters. The first-order chi connectivity index (χ1) is 9.51. The molecule has 2 aromatic carbocycles. The van der Waals surface area contributed by atoms with Crippen LogP contribution in [0.4, 0.5) is 5.69 Å². The van der Waals surface area contributed by atoms with E-state index in [1.54, 1.807) is 6.07 Å². The van der Waals surface area contributed by atoms with E-state index in [2.05, 4.69) is 0 Å². The van der Waals surface area contributed by atoms with E-state index in [-0.39, 0.29) is 5.69 Å². The van der Waals surface area contributed by atoms with Crippen LogP contribution in [0, 0.1) is 10.1 Å². The summed E-state index contributed by atoms with van der Waals surface area (Å²) in [6, 6.07) is 8.70. The Morgan fingerprint density at radius 2 is 1.65 bits per heavy atom. The predicted molar refractivity (Wildman–Crippen MR) is 76.2 cm³/mol. The van der Waals surface area contributed by atoms with Gasteiger partial charge in [-0.1, -0.05) is 23.2 Å². The molecule has 0 heterocycles. The summed E-state index contributed by atoms with van der Waals surface area (Å²) in [5.41, 5.74) is -0.0165. The number of ether oxygens (including phenoxy) is 2. The third kappa shape index (κ3) is 3.12. The van der Waals surface area contributed by atoms with Crippen LogP contribution in [-0.2, 0) is 0 Å². The lowest BCUT2D eigenvalue weighted by atomic mass is 10.3. The van der Waals surface area contributed by atoms with Gasteiger partial charge in [0.25, 0.3) is 5.69 Å². The van der Waals surface area contributed by atoms with E-state index >= 15 is 0 Å². The van der Waals surface area contributed by atoms with Crippen LogP contribution in [0.5, 0.6) is 17.2 Å². The van der Waals surface area contributed by atoms with Crippen LogP contribution in [0.15, 0.2) is 36.4 Å². The molecule has 5 nitrogen and oxygen atoms in total. The SMILES string of the molecule is COc1cc(Oc2ccc([N+](=O)[O-])cc2)c(Cl)cc1Cl. The van der Waals surface area contributed by atoms with Gasteiger partial charge in [0.2, 0.25) is 0 Å². The smallest absolute Gasteiger partial charge is 0.269 e. The zero-order chi connectivity index (χ0) is 14.7. The molecule has 0 aromatic heterocycles. The quantitative estimate of drug-likeness (QED) is 0.606. The molecular weight excluding hydrogens is 305 g/mol. The number of hydrogen-bond acceptors (Lipinski definition) is 4. The molecule has 0 aliphatic rings. The van der Waals surface area contributed by atoms with Crippen molar-refractivity contribution in [1.29, 1.82) is 0 Å². The highest BCUT2D eigenvalue weighted by molar-refractivity contribution is 6.36. The minimum Gasteiger partial charge on any atom is -0.495 e. The number of rotatable bonds is 4. The summed E-state index contributed by atoms with van der Waals surface area (Å²) in [5, 5.41) is 11.2. The molecule has 7 heteroatoms. The number of non-ortho nitro benzene ring substituents is 1. The normalized spacial score (nSPS) is 10.2. The van der Waals surface area contributed by atoms with Gasteiger partial charge in [-0.3, -0.25) is 10.1 Å². The van der Waals surface area contributed by atoms with E-state index in [1.165, 1.54) is 37.4 Å². The lowest BCUT2D eigenvalue weighted by Gasteiger charge is -2.10. The van der Waals surface area contributed by atoms with Crippen LogP contribution >= 0.6 is 23.2 Å². The zero-order valence-corrected chi connectivity index (χ0v) is 11.8. The van der Waals surface area contributed by atoms with Gasteiger partial charge >= 0.3 is 0 Å². The molecule has 0 saturated carbocycles. The lowest BCUT2D eigenvalue weighted by molar-refractivity contribution is -0.384. The zero-order valence-electron chi connectivity index (χ0n) is 10.3. The first-order valence-corrected chi connectivity index (χ1v) is 6.22. The Labute approximate surface area is 124 Å². The highest BCUT2D eigenvalue weighted by Gasteiger charge is 2.11. The third-order valence-electron chi connectivity index (χ3n) is 2.48. The minimum atomic E-state index is -0.484. The second-order valence-corrected chi connectivity index (χ2v) is 4.58. The van der Waals surface area contributed by atoms with Crippen LogP contribution in [0.1, 0.15) is 0 Å². The summed E-state index contributed by atoms with van der Waals surface area (Å²) in [4.78, 5) is 10.1. The maximum absolute atomic E-state index is 10.6. The van der Waals surface area contributed by atoms with Crippen molar-refractivity contribution >= 4 is 28.9 Å². The number of benzene rings is 2. The molecule has 0 atom stereocenters. The molecule has 2 rings (SSSR count). The van der Waals surface area contributed by atoms with Crippen molar-refractivity contribution < 1.29 is 14.4 Å². The molecule has 2 aromatic rings. The van der Waals surface area contributed by atoms with E-state index < -0.39 is 4.92 Å². The molecule has 0 spiro atoms. The fourth-order valence-corrected chi connectivity index (χ4v) is 2.01. The Hall–Kier alpha value is -1.98. The largest absolute Gasteiger partial charge is 0.495 e. The Morgan fingerprint density at radius 1 is 1.05 bits per heavy atom. The maximum atomic E-state index is 10.6. The number of nitrogens with zero attached hydrogens (tertiary/aromatic N) is 1. The van der Waals surface area contributed by atoms with Crippen molar-refractivity contribution in [3.63, 3.8) is 0 Å². The molecule has 20 heavy (non-hydrogen) atoms. The molecule has 104 valence electrons. The number of methoxy groups -OCH3 is 1. The van der Waals surface area contributed by atoms with E-state index in [0.29, 0.717) is 27.3 Å². The van der Waals surface area contributed by atoms with Gasteiger partial charge in [0.05, 0.1) is 22.1 Å². The maximum Gasteiger partial charge on any atom is 0.269 e. The van der Waals surface area contributed by atoms with Crippen molar-refractivity contribution in [2.45, 2.75) is 0 Å². The van der Waals surface area contributed by atoms with Gasteiger partial charge in [-0.2, -0.15) is 0 Å². The van der Waals surface area contributed by atoms with Gasteiger partial charge in [0.1, 0.15) is 17.2 Å². The monoisotopic (exact) mass is 313 g/mol. The third-order valence-corrected chi connectivity index (χ3v) is 3.07. The molecule has 0 aliphatic carbocycles. The van der Waals surface area contributed by atoms with E-state index in [1.807, 2.05) is 0 Å². The van der Waals surface area contributed by atoms with Crippen molar-refractivity contribution in [3.8, 4) is 17.2 Å². The van der Waals surface area contributed by atoms with Crippen LogP contribution < -0.4 is 9.47 Å². The Kier molecular flexibility index (Phi) is 4.32. The average molecular weight is 314 g/mol. The topological polar surface area (TPSA) is 61.6 Å². The Morgan fingerprint density at radius 3 is 2.20 bits per heavy atom. The van der Waals surface area contributed by atoms with Crippen molar-refractivity contribution in [2.75, 3.05) is 7.11 Å². The Bertz CT molecular complexity index is 644. The fraction of sp³-hybridized carbons (Fsp3) is 0.0769. The van der Waals surface area contributed by atoms with E-state index in [0.717, 1.165) is 0 Å². The van der Waals surface area contributed by atoms with Crippen molar-refractivity contribution in [3.05, 3.63) is 56.6 Å². The van der Waals surface area contributed by atoms with Crippen LogP contribution in [0.2, 0.25) is 10.0 Å². The molecular formula is C13H9Cl2NO4. The summed E-state index contributed by atoms with van der Waals surface area (Å²) in [6.45, 7) is 0. The van der Waals surface area contributed by atoms with Crippen LogP contribution in [0.3, 0.4) is 0 Å². The summed E-state index contributed by atoms with van der Waals surface area (Å²) in [7, 11) is 1.48. The van der Waals surface area contributed by atoms with Gasteiger partial charge in [-0.15, -0.1) is 0 Å². The van der Waals surface area contributed by atoms with E-state index in [9.17, 15) is 10.1 Å². The molecule has 0 amide bonds. The summed E-state index contributed by atoms with van der Waals surface area (Å²) >= 11 is 11.9. The minimum absolute atomic E-state index is 0.0165. The first-order valence-electron chi connectivity index (χ1n) is 5.46. The molecule has 0 radical (unpaired) electrons. The van der Waals surface area contributed by atoms with Gasteiger partial charge in [0, 0.05) is 18.2 Å². The molecule has 0 fully saturated rings. The average Bonchev–Trinajstić information content (AvgIpc) is 2.42. The molecule has 0 N–H and O–H groups in total. The highest BCUT2D eigenvalue weighted by atomic mass is 35.5. The second-order valence-electron chi connectivity index (χ2n) is 3.77. The van der Waals surface area contributed by atoms with Crippen molar-refractivity contribution in [2.24, 2.45) is 0 Å². The van der Waals surface area contributed by atoms with Crippen LogP contribution in [0.25, 0.3) is 0 Å². The van der Waals surface area contributed by atoms with Gasteiger partial charge in [-0.25, -0.2) is 0 Å². The molecule has 0 bridgehead atoms. The summed E-state index contributed by atoms with van der Waals surface area (Å²) < 4.78 is 10.6. The van der Waals surface area contributed by atoms with Gasteiger partial charge in [-0.05, 0) is 18.2 Å². The predicted octanol–water partition coefficient (Wildman–Crippen LogP) is 4.70. The fourth-order valence-electron chi connectivity index (χ4n) is 1.51. The number of hydrogen-bond donors (Lipinski definition) is 0. The lowest BCUT2D eigenvalue weighted by Crippen LogP contribution is -1.90. The first kappa shape index (κ1) is 14.4. The van der Waals surface area contributed by atoms with Gasteiger partial charge in [0.15, 0.2) is 0 Å². The van der Waals surface area contributed by atoms with E-state index in [4.69, 9.17) is 32.7 Å². The highest BCUT2D eigenvalue weighted by Crippen LogP contribution is 2.37. The molecule has 0 saturated heterocycles. The summed E-state index contributed by atoms with van der Waals surface area (Å²) in [6.07, 6.45) is 0. The number of halogens is 2. The summed E-state index contributed by atoms with van der Waals surface area (Å²) in [5.74, 6) is 1.19. The standard InChI is InChI=1S/C13H9Cl2NO4/c1-19-12-7-13(11(15)6-10(12)14)20-9-4-2-8(3-5-9)16(17)18/h2-7H,1H3. The molecule has 0 aliphatic heterocycles. The second kappa shape index (κ2) is 5.98. The van der Waals surface area contributed by atoms with Crippen molar-refractivity contribution in [1.82, 2.24) is 0 Å². The number of nitro benzene ring substituents is 1. The Balaban J connectivity index is 2.27.